The van der Waals surface area contributed by atoms with Gasteiger partial charge < -0.3 is 5.73 Å². The number of hydrogen-bond donors (Lipinski definition) is 1. The highest BCUT2D eigenvalue weighted by Crippen LogP contribution is 2.25. The van der Waals surface area contributed by atoms with Crippen molar-refractivity contribution in [3.05, 3.63) is 29.7 Å². The van der Waals surface area contributed by atoms with Crippen LogP contribution in [0.3, 0.4) is 0 Å². The van der Waals surface area contributed by atoms with Gasteiger partial charge in [-0.1, -0.05) is 17.8 Å². The maximum absolute atomic E-state index is 5.73. The van der Waals surface area contributed by atoms with Crippen LogP contribution in [0.15, 0.2) is 22.7 Å². The number of rotatable bonds is 3. The molecule has 6 heteroatoms. The fourth-order valence-electron chi connectivity index (χ4n) is 1.05. The van der Waals surface area contributed by atoms with Crippen molar-refractivity contribution in [2.45, 2.75) is 17.0 Å². The number of aromatic nitrogens is 3. The van der Waals surface area contributed by atoms with Gasteiger partial charge in [0, 0.05) is 17.5 Å². The second-order valence-corrected chi connectivity index (χ2v) is 4.92. The third-order valence-corrected chi connectivity index (χ3v) is 3.76. The second-order valence-electron chi connectivity index (χ2n) is 2.94. The highest BCUT2D eigenvalue weighted by Gasteiger charge is 2.04. The summed E-state index contributed by atoms with van der Waals surface area (Å²) in [4.78, 5) is 8.29. The summed E-state index contributed by atoms with van der Waals surface area (Å²) in [6.07, 6.45) is 1.69. The smallest absolute Gasteiger partial charge is 0.170 e. The Hall–Kier alpha value is -1.14. The van der Waals surface area contributed by atoms with Crippen LogP contribution in [0.1, 0.15) is 11.4 Å². The molecular formula is C9H10N4S2. The Morgan fingerprint density at radius 1 is 1.53 bits per heavy atom. The molecule has 2 rings (SSSR count). The van der Waals surface area contributed by atoms with Crippen molar-refractivity contribution in [3.63, 3.8) is 0 Å². The lowest BCUT2D eigenvalue weighted by atomic mass is 10.3. The van der Waals surface area contributed by atoms with Gasteiger partial charge in [-0.05, 0) is 24.5 Å². The van der Waals surface area contributed by atoms with Gasteiger partial charge in [0.15, 0.2) is 4.34 Å². The van der Waals surface area contributed by atoms with Gasteiger partial charge in [-0.2, -0.15) is 4.37 Å². The Morgan fingerprint density at radius 3 is 3.07 bits per heavy atom. The lowest BCUT2D eigenvalue weighted by molar-refractivity contribution is 1.10. The molecule has 4 nitrogen and oxygen atoms in total. The largest absolute Gasteiger partial charge is 0.383 e. The molecule has 0 aliphatic rings. The third kappa shape index (κ3) is 2.66. The quantitative estimate of drug-likeness (QED) is 0.830. The average Bonchev–Trinajstić information content (AvgIpc) is 2.63. The van der Waals surface area contributed by atoms with E-state index in [1.54, 1.807) is 18.0 Å². The van der Waals surface area contributed by atoms with Crippen molar-refractivity contribution in [2.24, 2.45) is 0 Å². The average molecular weight is 238 g/mol. The van der Waals surface area contributed by atoms with Crippen molar-refractivity contribution in [1.82, 2.24) is 14.3 Å². The molecule has 0 aromatic carbocycles. The van der Waals surface area contributed by atoms with Gasteiger partial charge in [-0.3, -0.25) is 0 Å². The lowest BCUT2D eigenvalue weighted by Gasteiger charge is -2.01. The molecule has 2 N–H and O–H groups in total. The predicted molar refractivity (Wildman–Crippen MR) is 62.9 cm³/mol. The Balaban J connectivity index is 2.02. The topological polar surface area (TPSA) is 64.7 Å². The number of hydrogen-bond acceptors (Lipinski definition) is 6. The van der Waals surface area contributed by atoms with Gasteiger partial charge in [-0.25, -0.2) is 9.97 Å². The molecule has 2 aromatic rings. The Morgan fingerprint density at radius 2 is 2.40 bits per heavy atom. The molecule has 2 aromatic heterocycles. The van der Waals surface area contributed by atoms with E-state index in [1.807, 2.05) is 19.1 Å². The van der Waals surface area contributed by atoms with Crippen LogP contribution in [0.25, 0.3) is 0 Å². The number of anilines is 1. The number of thioether (sulfide) groups is 1. The Labute approximate surface area is 96.1 Å². The van der Waals surface area contributed by atoms with Crippen LogP contribution in [-0.4, -0.2) is 14.3 Å². The molecule has 0 spiro atoms. The summed E-state index contributed by atoms with van der Waals surface area (Å²) in [6.45, 7) is 1.89. The van der Waals surface area contributed by atoms with Gasteiger partial charge in [0.05, 0.1) is 0 Å². The van der Waals surface area contributed by atoms with E-state index in [1.165, 1.54) is 11.5 Å². The van der Waals surface area contributed by atoms with Crippen molar-refractivity contribution in [3.8, 4) is 0 Å². The SMILES string of the molecule is Cc1nsc(SCc2cccnc2N)n1. The molecule has 0 aliphatic carbocycles. The zero-order valence-electron chi connectivity index (χ0n) is 8.17. The molecule has 0 amide bonds. The molecule has 15 heavy (non-hydrogen) atoms. The van der Waals surface area contributed by atoms with Gasteiger partial charge in [-0.15, -0.1) is 0 Å². The maximum Gasteiger partial charge on any atom is 0.170 e. The van der Waals surface area contributed by atoms with Crippen LogP contribution in [0.5, 0.6) is 0 Å². The number of nitrogens with two attached hydrogens (primary N) is 1. The first kappa shape index (κ1) is 10.4. The monoisotopic (exact) mass is 238 g/mol. The van der Waals surface area contributed by atoms with E-state index in [4.69, 9.17) is 5.73 Å². The Bertz CT molecular complexity index is 455. The van der Waals surface area contributed by atoms with Crippen LogP contribution < -0.4 is 5.73 Å². The van der Waals surface area contributed by atoms with Crippen molar-refractivity contribution >= 4 is 29.1 Å². The summed E-state index contributed by atoms with van der Waals surface area (Å²) in [5.74, 6) is 2.20. The first-order valence-electron chi connectivity index (χ1n) is 4.38. The molecule has 2 heterocycles. The van der Waals surface area contributed by atoms with E-state index >= 15 is 0 Å². The zero-order chi connectivity index (χ0) is 10.7. The lowest BCUT2D eigenvalue weighted by Crippen LogP contribution is -1.94. The third-order valence-electron chi connectivity index (χ3n) is 1.79. The van der Waals surface area contributed by atoms with Gasteiger partial charge in [0.2, 0.25) is 0 Å². The van der Waals surface area contributed by atoms with Gasteiger partial charge in [0.1, 0.15) is 11.6 Å². The van der Waals surface area contributed by atoms with Crippen LogP contribution in [0, 0.1) is 6.92 Å². The molecule has 0 aliphatic heterocycles. The van der Waals surface area contributed by atoms with E-state index in [0.717, 1.165) is 21.5 Å². The molecule has 0 bridgehead atoms. The summed E-state index contributed by atoms with van der Waals surface area (Å²) in [5, 5.41) is 0. The fourth-order valence-corrected chi connectivity index (χ4v) is 2.69. The fraction of sp³-hybridized carbons (Fsp3) is 0.222. The summed E-state index contributed by atoms with van der Waals surface area (Å²) < 4.78 is 5.08. The summed E-state index contributed by atoms with van der Waals surface area (Å²) in [5.41, 5.74) is 6.77. The maximum atomic E-state index is 5.73. The van der Waals surface area contributed by atoms with Crippen molar-refractivity contribution in [1.29, 1.82) is 0 Å². The van der Waals surface area contributed by atoms with Crippen molar-refractivity contribution < 1.29 is 0 Å². The summed E-state index contributed by atoms with van der Waals surface area (Å²) in [6, 6.07) is 3.86. The summed E-state index contributed by atoms with van der Waals surface area (Å²) >= 11 is 3.05. The predicted octanol–water partition coefficient (Wildman–Crippen LogP) is 2.12. The van der Waals surface area contributed by atoms with E-state index in [0.29, 0.717) is 5.82 Å². The number of nitrogens with zero attached hydrogens (tertiary/aromatic N) is 3. The minimum atomic E-state index is 0.589. The molecule has 78 valence electrons. The summed E-state index contributed by atoms with van der Waals surface area (Å²) in [7, 11) is 0. The van der Waals surface area contributed by atoms with E-state index in [9.17, 15) is 0 Å². The second kappa shape index (κ2) is 4.59. The molecule has 0 saturated heterocycles. The van der Waals surface area contributed by atoms with Crippen LogP contribution >= 0.6 is 23.3 Å². The minimum Gasteiger partial charge on any atom is -0.383 e. The molecule has 0 fully saturated rings. The van der Waals surface area contributed by atoms with E-state index in [2.05, 4.69) is 14.3 Å². The number of pyridine rings is 1. The van der Waals surface area contributed by atoms with E-state index < -0.39 is 0 Å². The molecule has 0 atom stereocenters. The first-order valence-corrected chi connectivity index (χ1v) is 6.14. The van der Waals surface area contributed by atoms with E-state index in [-0.39, 0.29) is 0 Å². The van der Waals surface area contributed by atoms with Crippen LogP contribution in [0.2, 0.25) is 0 Å². The van der Waals surface area contributed by atoms with Gasteiger partial charge in [0.25, 0.3) is 0 Å². The van der Waals surface area contributed by atoms with Crippen LogP contribution in [-0.2, 0) is 5.75 Å². The number of nitrogen functional groups attached to an aromatic ring is 1. The van der Waals surface area contributed by atoms with Crippen molar-refractivity contribution in [2.75, 3.05) is 5.73 Å². The van der Waals surface area contributed by atoms with Crippen LogP contribution in [0.4, 0.5) is 5.82 Å². The molecule has 0 unspecified atom stereocenters. The highest BCUT2D eigenvalue weighted by molar-refractivity contribution is 8.00. The molecule has 0 saturated carbocycles. The number of aryl methyl sites for hydroxylation is 1. The van der Waals surface area contributed by atoms with Gasteiger partial charge >= 0.3 is 0 Å². The minimum absolute atomic E-state index is 0.589. The first-order chi connectivity index (χ1) is 7.25. The normalized spacial score (nSPS) is 10.5. The standard InChI is InChI=1S/C9H10N4S2/c1-6-12-9(15-13-6)14-5-7-3-2-4-11-8(7)10/h2-4H,5H2,1H3,(H2,10,11). The molecular weight excluding hydrogens is 228 g/mol. The highest BCUT2D eigenvalue weighted by atomic mass is 32.2. The zero-order valence-corrected chi connectivity index (χ0v) is 9.81. The molecule has 0 radical (unpaired) electrons. The Kier molecular flexibility index (Phi) is 3.17.